The predicted octanol–water partition coefficient (Wildman–Crippen LogP) is 4.08. The van der Waals surface area contributed by atoms with Gasteiger partial charge in [0, 0.05) is 23.3 Å². The fraction of sp³-hybridized carbons (Fsp3) is 0.400. The minimum absolute atomic E-state index is 0.0402. The van der Waals surface area contributed by atoms with Crippen LogP contribution in [0.15, 0.2) is 53.7 Å². The Labute approximate surface area is 193 Å². The number of sulfonamides is 1. The van der Waals surface area contributed by atoms with Crippen molar-refractivity contribution in [2.75, 3.05) is 6.61 Å². The van der Waals surface area contributed by atoms with Crippen LogP contribution in [0.5, 0.6) is 5.88 Å². The topological polar surface area (TPSA) is 98.2 Å². The van der Waals surface area contributed by atoms with Crippen LogP contribution in [0.4, 0.5) is 0 Å². The van der Waals surface area contributed by atoms with Crippen molar-refractivity contribution in [2.45, 2.75) is 55.8 Å². The molecule has 0 atom stereocenters. The van der Waals surface area contributed by atoms with Crippen LogP contribution < -0.4 is 9.46 Å². The lowest BCUT2D eigenvalue weighted by molar-refractivity contribution is -0.121. The molecule has 2 aliphatic carbocycles. The third-order valence-corrected chi connectivity index (χ3v) is 7.69. The number of hydrogen-bond acceptors (Lipinski definition) is 6. The zero-order valence-corrected chi connectivity index (χ0v) is 19.6. The monoisotopic (exact) mass is 465 g/mol. The molecule has 1 amide bonds. The maximum atomic E-state index is 13.5. The summed E-state index contributed by atoms with van der Waals surface area (Å²) in [6, 6.07) is 10.2. The predicted molar refractivity (Wildman–Crippen MR) is 125 cm³/mol. The molecule has 1 aromatic carbocycles. The molecule has 33 heavy (non-hydrogen) atoms. The van der Waals surface area contributed by atoms with Gasteiger partial charge in [-0.25, -0.2) is 18.1 Å². The van der Waals surface area contributed by atoms with Gasteiger partial charge in [0.05, 0.1) is 22.4 Å². The molecule has 1 N–H and O–H groups in total. The third-order valence-electron chi connectivity index (χ3n) is 6.30. The molecule has 2 fully saturated rings. The van der Waals surface area contributed by atoms with E-state index >= 15 is 0 Å². The number of ether oxygens (including phenoxy) is 1. The van der Waals surface area contributed by atoms with Crippen molar-refractivity contribution in [1.29, 1.82) is 0 Å². The molecular formula is C25H27N3O4S. The Morgan fingerprint density at radius 2 is 1.97 bits per heavy atom. The van der Waals surface area contributed by atoms with Gasteiger partial charge in [0.2, 0.25) is 11.8 Å². The van der Waals surface area contributed by atoms with Gasteiger partial charge < -0.3 is 4.74 Å². The Balaban J connectivity index is 1.48. The van der Waals surface area contributed by atoms with Crippen LogP contribution in [0, 0.1) is 5.92 Å². The first kappa shape index (κ1) is 21.8. The number of fused-ring (bicyclic) bond motifs is 1. The fourth-order valence-corrected chi connectivity index (χ4v) is 5.41. The molecule has 172 valence electrons. The van der Waals surface area contributed by atoms with Gasteiger partial charge in [0.25, 0.3) is 10.0 Å². The van der Waals surface area contributed by atoms with Gasteiger partial charge in [0.15, 0.2) is 0 Å². The van der Waals surface area contributed by atoms with E-state index in [0.717, 1.165) is 18.4 Å². The van der Waals surface area contributed by atoms with Crippen LogP contribution >= 0.6 is 0 Å². The first-order valence-corrected chi connectivity index (χ1v) is 12.8. The average molecular weight is 466 g/mol. The normalized spacial score (nSPS) is 17.2. The second-order valence-corrected chi connectivity index (χ2v) is 11.1. The number of hydrogen-bond donors (Lipinski definition) is 1. The molecule has 0 radical (unpaired) electrons. The molecular weight excluding hydrogens is 438 g/mol. The number of carbonyl (C=O) groups is 1. The summed E-state index contributed by atoms with van der Waals surface area (Å²) in [6.07, 6.45) is 6.75. The lowest BCUT2D eigenvalue weighted by Crippen LogP contribution is -2.39. The molecule has 5 rings (SSSR count). The number of nitrogens with zero attached hydrogens (tertiary/aromatic N) is 2. The van der Waals surface area contributed by atoms with Crippen LogP contribution in [-0.2, 0) is 20.2 Å². The van der Waals surface area contributed by atoms with Gasteiger partial charge in [-0.2, -0.15) is 0 Å². The largest absolute Gasteiger partial charge is 0.477 e. The summed E-state index contributed by atoms with van der Waals surface area (Å²) in [7, 11) is -4.09. The summed E-state index contributed by atoms with van der Waals surface area (Å²) < 4.78 is 34.8. The number of benzene rings is 1. The zero-order chi connectivity index (χ0) is 23.2. The number of nitrogens with one attached hydrogen (secondary N) is 1. The summed E-state index contributed by atoms with van der Waals surface area (Å²) >= 11 is 0. The van der Waals surface area contributed by atoms with Crippen LogP contribution in [0.2, 0.25) is 0 Å². The van der Waals surface area contributed by atoms with Gasteiger partial charge in [0.1, 0.15) is 0 Å². The highest BCUT2D eigenvalue weighted by Gasteiger charge is 2.54. The van der Waals surface area contributed by atoms with Crippen molar-refractivity contribution in [3.8, 4) is 5.88 Å². The standard InChI is InChI=1S/C25H27N3O4S/c1-16(2)15-32-23-20(13-18(14-27-23)17-8-9-17)25(10-11-25)24(29)28-33(30,31)22-7-3-6-21-19(22)5-4-12-26-21/h3-7,12-14,16-17H,8-11,15H2,1-2H3,(H,28,29). The van der Waals surface area contributed by atoms with E-state index in [-0.39, 0.29) is 4.90 Å². The van der Waals surface area contributed by atoms with Gasteiger partial charge in [-0.05, 0) is 73.4 Å². The lowest BCUT2D eigenvalue weighted by atomic mass is 9.94. The molecule has 0 spiro atoms. The Hall–Kier alpha value is -3.00. The summed E-state index contributed by atoms with van der Waals surface area (Å²) in [6.45, 7) is 4.56. The van der Waals surface area contributed by atoms with Gasteiger partial charge >= 0.3 is 0 Å². The number of pyridine rings is 2. The van der Waals surface area contributed by atoms with E-state index in [0.29, 0.717) is 53.6 Å². The maximum Gasteiger partial charge on any atom is 0.264 e. The molecule has 7 nitrogen and oxygen atoms in total. The Morgan fingerprint density at radius 1 is 1.18 bits per heavy atom. The molecule has 2 heterocycles. The molecule has 2 saturated carbocycles. The number of amides is 1. The van der Waals surface area contributed by atoms with E-state index < -0.39 is 21.3 Å². The molecule has 2 aliphatic rings. The minimum Gasteiger partial charge on any atom is -0.477 e. The van der Waals surface area contributed by atoms with E-state index in [9.17, 15) is 13.2 Å². The lowest BCUT2D eigenvalue weighted by Gasteiger charge is -2.20. The van der Waals surface area contributed by atoms with Gasteiger partial charge in [-0.1, -0.05) is 19.9 Å². The van der Waals surface area contributed by atoms with Crippen molar-refractivity contribution >= 4 is 26.8 Å². The summed E-state index contributed by atoms with van der Waals surface area (Å²) in [5.74, 6) is 0.647. The third kappa shape index (κ3) is 4.19. The summed E-state index contributed by atoms with van der Waals surface area (Å²) in [4.78, 5) is 22.2. The van der Waals surface area contributed by atoms with Crippen molar-refractivity contribution in [3.63, 3.8) is 0 Å². The molecule has 0 saturated heterocycles. The second kappa shape index (κ2) is 8.09. The van der Waals surface area contributed by atoms with Crippen LogP contribution in [0.3, 0.4) is 0 Å². The van der Waals surface area contributed by atoms with E-state index in [4.69, 9.17) is 4.74 Å². The van der Waals surface area contributed by atoms with E-state index in [1.807, 2.05) is 26.1 Å². The summed E-state index contributed by atoms with van der Waals surface area (Å²) in [5.41, 5.74) is 1.39. The van der Waals surface area contributed by atoms with Crippen LogP contribution in [0.25, 0.3) is 10.9 Å². The first-order chi connectivity index (χ1) is 15.8. The fourth-order valence-electron chi connectivity index (χ4n) is 4.14. The smallest absolute Gasteiger partial charge is 0.264 e. The van der Waals surface area contributed by atoms with Crippen molar-refractivity contribution in [1.82, 2.24) is 14.7 Å². The van der Waals surface area contributed by atoms with E-state index in [1.54, 1.807) is 30.5 Å². The summed E-state index contributed by atoms with van der Waals surface area (Å²) in [5, 5.41) is 0.475. The van der Waals surface area contributed by atoms with Gasteiger partial charge in [-0.3, -0.25) is 9.78 Å². The van der Waals surface area contributed by atoms with E-state index in [1.165, 1.54) is 6.07 Å². The maximum absolute atomic E-state index is 13.5. The molecule has 0 unspecified atom stereocenters. The Morgan fingerprint density at radius 3 is 2.67 bits per heavy atom. The minimum atomic E-state index is -4.09. The quantitative estimate of drug-likeness (QED) is 0.538. The zero-order valence-electron chi connectivity index (χ0n) is 18.7. The molecule has 0 aliphatic heterocycles. The second-order valence-electron chi connectivity index (χ2n) is 9.44. The molecule has 3 aromatic rings. The molecule has 8 heteroatoms. The van der Waals surface area contributed by atoms with Crippen LogP contribution in [-0.4, -0.2) is 30.9 Å². The molecule has 2 aromatic heterocycles. The van der Waals surface area contributed by atoms with Gasteiger partial charge in [-0.15, -0.1) is 0 Å². The van der Waals surface area contributed by atoms with Crippen molar-refractivity contribution in [2.24, 2.45) is 5.92 Å². The van der Waals surface area contributed by atoms with Crippen molar-refractivity contribution < 1.29 is 17.9 Å². The van der Waals surface area contributed by atoms with Crippen molar-refractivity contribution in [3.05, 3.63) is 59.9 Å². The highest BCUT2D eigenvalue weighted by atomic mass is 32.2. The Bertz CT molecular complexity index is 1320. The molecule has 0 bridgehead atoms. The van der Waals surface area contributed by atoms with Crippen LogP contribution in [0.1, 0.15) is 56.6 Å². The SMILES string of the molecule is CC(C)COc1ncc(C2CC2)cc1C1(C(=O)NS(=O)(=O)c2cccc3ncccc23)CC1. The first-order valence-electron chi connectivity index (χ1n) is 11.3. The van der Waals surface area contributed by atoms with E-state index in [2.05, 4.69) is 14.7 Å². The highest BCUT2D eigenvalue weighted by Crippen LogP contribution is 2.53. The average Bonchev–Trinajstić information content (AvgIpc) is 3.70. The highest BCUT2D eigenvalue weighted by molar-refractivity contribution is 7.90. The number of rotatable bonds is 8. The Kier molecular flexibility index (Phi) is 5.35. The number of carbonyl (C=O) groups excluding carboxylic acids is 1. The number of aromatic nitrogens is 2.